The molecule has 0 spiro atoms. The van der Waals surface area contributed by atoms with Crippen molar-refractivity contribution in [2.24, 2.45) is 0 Å². The highest BCUT2D eigenvalue weighted by atomic mass is 32.2. The van der Waals surface area contributed by atoms with E-state index >= 15 is 0 Å². The van der Waals surface area contributed by atoms with Crippen molar-refractivity contribution in [3.63, 3.8) is 0 Å². The monoisotopic (exact) mass is 333 g/mol. The molecule has 1 aliphatic heterocycles. The SMILES string of the molecule is COC(=O)c1cc2cc(S(=O)(=O)N3CCCO3)sc2s1. The molecule has 0 bridgehead atoms. The van der Waals surface area contributed by atoms with Crippen LogP contribution in [0, 0.1) is 0 Å². The minimum atomic E-state index is -3.59. The molecule has 6 nitrogen and oxygen atoms in total. The van der Waals surface area contributed by atoms with Crippen molar-refractivity contribution in [1.82, 2.24) is 4.47 Å². The number of hydroxylamine groups is 1. The van der Waals surface area contributed by atoms with E-state index in [-0.39, 0.29) is 4.21 Å². The molecule has 2 aromatic rings. The van der Waals surface area contributed by atoms with Crippen LogP contribution in [-0.2, 0) is 19.6 Å². The largest absolute Gasteiger partial charge is 0.465 e. The number of methoxy groups -OCH3 is 1. The fourth-order valence-electron chi connectivity index (χ4n) is 1.86. The van der Waals surface area contributed by atoms with Crippen molar-refractivity contribution >= 4 is 48.1 Å². The molecule has 3 rings (SSSR count). The highest BCUT2D eigenvalue weighted by molar-refractivity contribution is 7.91. The molecule has 0 radical (unpaired) electrons. The van der Waals surface area contributed by atoms with Gasteiger partial charge in [0.25, 0.3) is 10.0 Å². The number of fused-ring (bicyclic) bond motifs is 1. The standard InChI is InChI=1S/C11H11NO5S3/c1-16-10(13)8-5-7-6-9(19-11(7)18-8)20(14,15)12-3-2-4-17-12/h5-6H,2-4H2,1H3. The van der Waals surface area contributed by atoms with Crippen LogP contribution in [0.25, 0.3) is 9.40 Å². The van der Waals surface area contributed by atoms with E-state index in [1.807, 2.05) is 0 Å². The van der Waals surface area contributed by atoms with Crippen LogP contribution in [0.15, 0.2) is 16.3 Å². The number of rotatable bonds is 3. The maximum atomic E-state index is 12.3. The lowest BCUT2D eigenvalue weighted by Gasteiger charge is -2.11. The first-order valence-corrected chi connectivity index (χ1v) is 8.87. The fraction of sp³-hybridized carbons (Fsp3) is 0.364. The Hall–Kier alpha value is -1.00. The van der Waals surface area contributed by atoms with E-state index in [9.17, 15) is 13.2 Å². The predicted octanol–water partition coefficient (Wildman–Crippen LogP) is 2.08. The summed E-state index contributed by atoms with van der Waals surface area (Å²) in [6, 6.07) is 3.21. The Morgan fingerprint density at radius 3 is 2.80 bits per heavy atom. The van der Waals surface area contributed by atoms with Crippen LogP contribution >= 0.6 is 22.7 Å². The number of hydrogen-bond donors (Lipinski definition) is 0. The molecule has 0 amide bonds. The van der Waals surface area contributed by atoms with Crippen LogP contribution in [0.5, 0.6) is 0 Å². The quantitative estimate of drug-likeness (QED) is 0.804. The second-order valence-corrected chi connectivity index (χ2v) is 8.55. The lowest BCUT2D eigenvalue weighted by Crippen LogP contribution is -2.25. The minimum absolute atomic E-state index is 0.233. The number of hydrogen-bond acceptors (Lipinski definition) is 7. The highest BCUT2D eigenvalue weighted by Gasteiger charge is 2.30. The molecule has 1 saturated heterocycles. The van der Waals surface area contributed by atoms with E-state index in [4.69, 9.17) is 4.84 Å². The summed E-state index contributed by atoms with van der Waals surface area (Å²) in [5.41, 5.74) is 0. The maximum Gasteiger partial charge on any atom is 0.348 e. The van der Waals surface area contributed by atoms with Gasteiger partial charge < -0.3 is 4.74 Å². The number of thiophene rings is 2. The van der Waals surface area contributed by atoms with E-state index in [0.29, 0.717) is 24.4 Å². The lowest BCUT2D eigenvalue weighted by molar-refractivity contribution is -0.0282. The molecule has 2 aromatic heterocycles. The van der Waals surface area contributed by atoms with Gasteiger partial charge in [0.2, 0.25) is 0 Å². The van der Waals surface area contributed by atoms with Crippen LogP contribution in [0.1, 0.15) is 16.1 Å². The molecule has 20 heavy (non-hydrogen) atoms. The topological polar surface area (TPSA) is 72.9 Å². The lowest BCUT2D eigenvalue weighted by atomic mass is 10.4. The normalized spacial score (nSPS) is 16.9. The summed E-state index contributed by atoms with van der Waals surface area (Å²) >= 11 is 2.37. The Morgan fingerprint density at radius 1 is 1.40 bits per heavy atom. The average molecular weight is 333 g/mol. The van der Waals surface area contributed by atoms with Crippen molar-refractivity contribution < 1.29 is 22.8 Å². The third-order valence-corrected chi connectivity index (χ3v) is 7.32. The van der Waals surface area contributed by atoms with Crippen LogP contribution in [0.3, 0.4) is 0 Å². The van der Waals surface area contributed by atoms with Crippen LogP contribution in [0.4, 0.5) is 0 Å². The molecule has 108 valence electrons. The van der Waals surface area contributed by atoms with Gasteiger partial charge in [0.15, 0.2) is 0 Å². The summed E-state index contributed by atoms with van der Waals surface area (Å²) in [4.78, 5) is 17.0. The van der Waals surface area contributed by atoms with Gasteiger partial charge in [0.1, 0.15) is 9.09 Å². The van der Waals surface area contributed by atoms with Crippen LogP contribution < -0.4 is 0 Å². The predicted molar refractivity (Wildman–Crippen MR) is 75.5 cm³/mol. The summed E-state index contributed by atoms with van der Waals surface area (Å²) in [6.07, 6.45) is 0.700. The fourth-order valence-corrected chi connectivity index (χ4v) is 6.10. The Morgan fingerprint density at radius 2 is 2.20 bits per heavy atom. The van der Waals surface area contributed by atoms with Crippen molar-refractivity contribution in [1.29, 1.82) is 0 Å². The number of carbonyl (C=O) groups is 1. The number of carbonyl (C=O) groups excluding carboxylic acids is 1. The average Bonchev–Trinajstić information content (AvgIpc) is 3.11. The van der Waals surface area contributed by atoms with Gasteiger partial charge in [-0.05, 0) is 18.6 Å². The second-order valence-electron chi connectivity index (χ2n) is 4.13. The van der Waals surface area contributed by atoms with Gasteiger partial charge in [-0.1, -0.05) is 4.47 Å². The number of esters is 1. The number of sulfonamides is 1. The van der Waals surface area contributed by atoms with Gasteiger partial charge in [-0.15, -0.1) is 22.7 Å². The van der Waals surface area contributed by atoms with Crippen molar-refractivity contribution in [2.45, 2.75) is 10.6 Å². The van der Waals surface area contributed by atoms with E-state index in [1.54, 1.807) is 12.1 Å². The maximum absolute atomic E-state index is 12.3. The van der Waals surface area contributed by atoms with Crippen LogP contribution in [0.2, 0.25) is 0 Å². The zero-order valence-corrected chi connectivity index (χ0v) is 12.9. The Labute approximate surface area is 123 Å². The van der Waals surface area contributed by atoms with E-state index < -0.39 is 16.0 Å². The van der Waals surface area contributed by atoms with Gasteiger partial charge in [-0.3, -0.25) is 4.84 Å². The van der Waals surface area contributed by atoms with E-state index in [2.05, 4.69) is 4.74 Å². The molecule has 3 heterocycles. The van der Waals surface area contributed by atoms with E-state index in [1.165, 1.54) is 18.4 Å². The Bertz CT molecular complexity index is 723. The molecule has 9 heteroatoms. The van der Waals surface area contributed by atoms with Crippen molar-refractivity contribution in [3.8, 4) is 0 Å². The van der Waals surface area contributed by atoms with Gasteiger partial charge in [-0.2, -0.15) is 0 Å². The molecule has 1 aliphatic rings. The summed E-state index contributed by atoms with van der Waals surface area (Å²) in [5.74, 6) is -0.411. The first-order valence-electron chi connectivity index (χ1n) is 5.80. The highest BCUT2D eigenvalue weighted by Crippen LogP contribution is 2.37. The third kappa shape index (κ3) is 2.25. The number of nitrogens with zero attached hydrogens (tertiary/aromatic N) is 1. The molecule has 0 N–H and O–H groups in total. The molecule has 0 unspecified atom stereocenters. The van der Waals surface area contributed by atoms with Crippen molar-refractivity contribution in [2.75, 3.05) is 20.3 Å². The zero-order valence-electron chi connectivity index (χ0n) is 10.5. The molecular formula is C11H11NO5S3. The van der Waals surface area contributed by atoms with Crippen molar-refractivity contribution in [3.05, 3.63) is 17.0 Å². The smallest absolute Gasteiger partial charge is 0.348 e. The van der Waals surface area contributed by atoms with Gasteiger partial charge in [0, 0.05) is 11.9 Å². The zero-order chi connectivity index (χ0) is 14.3. The van der Waals surface area contributed by atoms with Gasteiger partial charge in [-0.25, -0.2) is 13.2 Å². The molecule has 0 saturated carbocycles. The van der Waals surface area contributed by atoms with E-state index in [0.717, 1.165) is 25.2 Å². The van der Waals surface area contributed by atoms with Gasteiger partial charge >= 0.3 is 5.97 Å². The molecule has 1 fully saturated rings. The summed E-state index contributed by atoms with van der Waals surface area (Å²) in [5, 5.41) is 0.734. The van der Waals surface area contributed by atoms with Gasteiger partial charge in [0.05, 0.1) is 17.7 Å². The van der Waals surface area contributed by atoms with Crippen LogP contribution in [-0.4, -0.2) is 39.1 Å². The first kappa shape index (κ1) is 14.0. The molecule has 0 atom stereocenters. The summed E-state index contributed by atoms with van der Waals surface area (Å²) in [7, 11) is -2.27. The Kier molecular flexibility index (Phi) is 3.55. The minimum Gasteiger partial charge on any atom is -0.465 e. The molecular weight excluding hydrogens is 322 g/mol. The summed E-state index contributed by atoms with van der Waals surface area (Å²) in [6.45, 7) is 0.798. The Balaban J connectivity index is 1.97. The third-order valence-electron chi connectivity index (χ3n) is 2.82. The molecule has 0 aliphatic carbocycles. The first-order chi connectivity index (χ1) is 9.52. The molecule has 0 aromatic carbocycles. The second kappa shape index (κ2) is 5.08. The summed E-state index contributed by atoms with van der Waals surface area (Å²) < 4.78 is 31.3. The number of ether oxygens (including phenoxy) is 1.